The second-order valence-corrected chi connectivity index (χ2v) is 6.92. The number of amidine groups is 2. The Bertz CT molecular complexity index is 726. The highest BCUT2D eigenvalue weighted by Gasteiger charge is 2.06. The smallest absolute Gasteiger partial charge is 0.0963 e. The summed E-state index contributed by atoms with van der Waals surface area (Å²) in [6.07, 6.45) is 1.17. The van der Waals surface area contributed by atoms with E-state index in [2.05, 4.69) is 20.2 Å². The molecule has 0 aliphatic heterocycles. The van der Waals surface area contributed by atoms with Crippen LogP contribution in [0.1, 0.15) is 37.8 Å². The van der Waals surface area contributed by atoms with Gasteiger partial charge in [0.05, 0.1) is 36.8 Å². The molecule has 0 spiro atoms. The zero-order valence-corrected chi connectivity index (χ0v) is 19.1. The second kappa shape index (κ2) is 15.4. The molecule has 0 aromatic heterocycles. The molecule has 0 aliphatic rings. The van der Waals surface area contributed by atoms with E-state index >= 15 is 0 Å². The van der Waals surface area contributed by atoms with Gasteiger partial charge in [0.1, 0.15) is 0 Å². The molecule has 8 heteroatoms. The average molecular weight is 451 g/mol. The van der Waals surface area contributed by atoms with E-state index in [9.17, 15) is 0 Å². The Morgan fingerprint density at radius 1 is 0.667 bits per heavy atom. The van der Waals surface area contributed by atoms with Gasteiger partial charge in [-0.15, -0.1) is 24.8 Å². The van der Waals surface area contributed by atoms with E-state index in [4.69, 9.17) is 11.5 Å². The first kappa shape index (κ1) is 27.6. The Hall–Kier alpha value is -2.44. The molecule has 0 bridgehead atoms. The van der Waals surface area contributed by atoms with Crippen molar-refractivity contribution in [2.24, 2.45) is 31.7 Å². The van der Waals surface area contributed by atoms with Gasteiger partial charge < -0.3 is 11.5 Å². The number of halogens is 2. The van der Waals surface area contributed by atoms with Crippen molar-refractivity contribution in [2.75, 3.05) is 0 Å². The standard InChI is InChI=1S/C22H30N6.2ClH/c1-17(13-21(23)25-15-19-9-5-3-6-10-19)27-28-18(2)14-22(24)26-16-20-11-7-4-8-12-20;;/h3-12,17-18H,13-16H2,1-2H3,(H2,23,25)(H2,24,26);2*1H. The van der Waals surface area contributed by atoms with Gasteiger partial charge in [0.15, 0.2) is 0 Å². The normalized spacial score (nSPS) is 13.9. The van der Waals surface area contributed by atoms with Gasteiger partial charge in [0, 0.05) is 12.8 Å². The van der Waals surface area contributed by atoms with Crippen LogP contribution in [-0.2, 0) is 13.1 Å². The van der Waals surface area contributed by atoms with E-state index in [1.165, 1.54) is 0 Å². The summed E-state index contributed by atoms with van der Waals surface area (Å²) in [5.41, 5.74) is 14.3. The van der Waals surface area contributed by atoms with Crippen LogP contribution in [0.5, 0.6) is 0 Å². The molecule has 0 aliphatic carbocycles. The molecule has 2 rings (SSSR count). The molecule has 6 nitrogen and oxygen atoms in total. The number of azo groups is 1. The van der Waals surface area contributed by atoms with Crippen LogP contribution in [0, 0.1) is 0 Å². The highest BCUT2D eigenvalue weighted by molar-refractivity contribution is 5.85. The number of nitrogens with zero attached hydrogens (tertiary/aromatic N) is 4. The van der Waals surface area contributed by atoms with Crippen molar-refractivity contribution in [1.29, 1.82) is 0 Å². The minimum atomic E-state index is -0.0237. The van der Waals surface area contributed by atoms with E-state index in [1.54, 1.807) is 0 Å². The molecular weight excluding hydrogens is 419 g/mol. The number of hydrogen-bond donors (Lipinski definition) is 2. The Kier molecular flexibility index (Phi) is 14.2. The minimum absolute atomic E-state index is 0. The summed E-state index contributed by atoms with van der Waals surface area (Å²) in [6.45, 7) is 5.13. The van der Waals surface area contributed by atoms with Crippen molar-refractivity contribution in [2.45, 2.75) is 51.9 Å². The van der Waals surface area contributed by atoms with Crippen molar-refractivity contribution in [3.63, 3.8) is 0 Å². The third-order valence-electron chi connectivity index (χ3n) is 4.09. The van der Waals surface area contributed by atoms with E-state index in [0.29, 0.717) is 37.6 Å². The predicted molar refractivity (Wildman–Crippen MR) is 131 cm³/mol. The number of nitrogens with two attached hydrogens (primary N) is 2. The Labute approximate surface area is 191 Å². The number of aliphatic imine (C=N–C) groups is 2. The van der Waals surface area contributed by atoms with Gasteiger partial charge in [-0.1, -0.05) is 60.7 Å². The molecule has 2 aromatic carbocycles. The lowest BCUT2D eigenvalue weighted by Crippen LogP contribution is -2.19. The molecule has 2 unspecified atom stereocenters. The topological polar surface area (TPSA) is 101 Å². The molecule has 2 aromatic rings. The lowest BCUT2D eigenvalue weighted by molar-refractivity contribution is 0.636. The maximum atomic E-state index is 6.01. The first-order valence-electron chi connectivity index (χ1n) is 9.58. The van der Waals surface area contributed by atoms with Crippen LogP contribution in [0.25, 0.3) is 0 Å². The van der Waals surface area contributed by atoms with Gasteiger partial charge in [0.25, 0.3) is 0 Å². The zero-order chi connectivity index (χ0) is 20.2. The molecule has 0 saturated heterocycles. The summed E-state index contributed by atoms with van der Waals surface area (Å²) >= 11 is 0. The molecule has 30 heavy (non-hydrogen) atoms. The van der Waals surface area contributed by atoms with Gasteiger partial charge in [-0.3, -0.25) is 9.98 Å². The first-order valence-corrected chi connectivity index (χ1v) is 9.58. The highest BCUT2D eigenvalue weighted by atomic mass is 35.5. The van der Waals surface area contributed by atoms with E-state index in [-0.39, 0.29) is 36.9 Å². The van der Waals surface area contributed by atoms with Gasteiger partial charge in [-0.25, -0.2) is 0 Å². The van der Waals surface area contributed by atoms with Crippen LogP contribution >= 0.6 is 24.8 Å². The van der Waals surface area contributed by atoms with Crippen molar-refractivity contribution in [1.82, 2.24) is 0 Å². The van der Waals surface area contributed by atoms with E-state index < -0.39 is 0 Å². The predicted octanol–water partition coefficient (Wildman–Crippen LogP) is 4.95. The summed E-state index contributed by atoms with van der Waals surface area (Å²) in [6, 6.07) is 20.0. The van der Waals surface area contributed by atoms with Crippen LogP contribution in [0.4, 0.5) is 0 Å². The number of rotatable bonds is 10. The van der Waals surface area contributed by atoms with Gasteiger partial charge in [-0.05, 0) is 25.0 Å². The van der Waals surface area contributed by atoms with Crippen LogP contribution in [0.3, 0.4) is 0 Å². The molecule has 0 amide bonds. The summed E-state index contributed by atoms with van der Waals surface area (Å²) in [5.74, 6) is 1.18. The van der Waals surface area contributed by atoms with Gasteiger partial charge in [-0.2, -0.15) is 10.2 Å². The molecule has 0 radical (unpaired) electrons. The Morgan fingerprint density at radius 3 is 1.33 bits per heavy atom. The van der Waals surface area contributed by atoms with E-state index in [0.717, 1.165) is 11.1 Å². The average Bonchev–Trinajstić information content (AvgIpc) is 2.71. The van der Waals surface area contributed by atoms with E-state index in [1.807, 2.05) is 74.5 Å². The van der Waals surface area contributed by atoms with Crippen molar-refractivity contribution < 1.29 is 0 Å². The third-order valence-corrected chi connectivity index (χ3v) is 4.09. The fourth-order valence-corrected chi connectivity index (χ4v) is 2.60. The van der Waals surface area contributed by atoms with Crippen molar-refractivity contribution in [3.8, 4) is 0 Å². The SMILES string of the molecule is CC(CC(N)=NCc1ccccc1)N=NC(C)CC(N)=NCc1ccccc1.Cl.Cl. The summed E-state index contributed by atoms with van der Waals surface area (Å²) in [4.78, 5) is 8.83. The maximum absolute atomic E-state index is 6.01. The second-order valence-electron chi connectivity index (χ2n) is 6.92. The molecule has 4 N–H and O–H groups in total. The monoisotopic (exact) mass is 450 g/mol. The van der Waals surface area contributed by atoms with Gasteiger partial charge >= 0.3 is 0 Å². The summed E-state index contributed by atoms with van der Waals surface area (Å²) < 4.78 is 0. The molecular formula is C22H32Cl2N6. The first-order chi connectivity index (χ1) is 13.5. The lowest BCUT2D eigenvalue weighted by atomic mass is 10.2. The summed E-state index contributed by atoms with van der Waals surface area (Å²) in [5, 5.41) is 8.69. The van der Waals surface area contributed by atoms with Crippen molar-refractivity contribution >= 4 is 36.5 Å². The fourth-order valence-electron chi connectivity index (χ4n) is 2.60. The van der Waals surface area contributed by atoms with Crippen LogP contribution in [-0.4, -0.2) is 23.8 Å². The molecule has 0 fully saturated rings. The Morgan fingerprint density at radius 2 is 1.00 bits per heavy atom. The zero-order valence-electron chi connectivity index (χ0n) is 17.5. The Balaban J connectivity index is 0.00000420. The third kappa shape index (κ3) is 11.5. The minimum Gasteiger partial charge on any atom is -0.387 e. The maximum Gasteiger partial charge on any atom is 0.0963 e. The van der Waals surface area contributed by atoms with Crippen LogP contribution in [0.15, 0.2) is 80.9 Å². The fraction of sp³-hybridized carbons (Fsp3) is 0.364. The number of hydrogen-bond acceptors (Lipinski definition) is 4. The van der Waals surface area contributed by atoms with Crippen molar-refractivity contribution in [3.05, 3.63) is 71.8 Å². The quantitative estimate of drug-likeness (QED) is 0.303. The molecule has 0 saturated carbocycles. The molecule has 164 valence electrons. The van der Waals surface area contributed by atoms with Crippen LogP contribution in [0.2, 0.25) is 0 Å². The lowest BCUT2D eigenvalue weighted by Gasteiger charge is -2.08. The molecule has 2 atom stereocenters. The van der Waals surface area contributed by atoms with Gasteiger partial charge in [0.2, 0.25) is 0 Å². The highest BCUT2D eigenvalue weighted by Crippen LogP contribution is 2.06. The van der Waals surface area contributed by atoms with Crippen LogP contribution < -0.4 is 11.5 Å². The molecule has 0 heterocycles. The largest absolute Gasteiger partial charge is 0.387 e. The number of benzene rings is 2. The summed E-state index contributed by atoms with van der Waals surface area (Å²) in [7, 11) is 0.